The summed E-state index contributed by atoms with van der Waals surface area (Å²) >= 11 is 16.1. The van der Waals surface area contributed by atoms with Crippen LogP contribution < -0.4 is 0 Å². The molecule has 0 radical (unpaired) electrons. The average molecular weight is 246 g/mol. The predicted octanol–water partition coefficient (Wildman–Crippen LogP) is 4.13. The molecule has 4 heteroatoms. The first-order chi connectivity index (χ1) is 4.13. The minimum atomic E-state index is 0.720. The Hall–Kier alpha value is 0.760. The van der Waals surface area contributed by atoms with Gasteiger partial charge in [-0.25, -0.2) is 0 Å². The van der Waals surface area contributed by atoms with Crippen molar-refractivity contribution in [2.75, 3.05) is 0 Å². The summed E-state index contributed by atoms with van der Waals surface area (Å²) < 4.78 is 2.39. The Bertz CT molecular complexity index is 209. The van der Waals surface area contributed by atoms with Gasteiger partial charge in [-0.3, -0.25) is 0 Å². The quantitative estimate of drug-likeness (QED) is 0.645. The smallest absolute Gasteiger partial charge is 0.109 e. The fourth-order valence-corrected chi connectivity index (χ4v) is 2.59. The van der Waals surface area contributed by atoms with Crippen molar-refractivity contribution in [2.24, 2.45) is 0 Å². The first-order valence-corrected chi connectivity index (χ1v) is 4.59. The lowest BCUT2D eigenvalue weighted by atomic mass is 10.4. The zero-order valence-electron chi connectivity index (χ0n) is 4.54. The second-order valence-electron chi connectivity index (χ2n) is 1.59. The minimum absolute atomic E-state index is 0.720. The van der Waals surface area contributed by atoms with Crippen LogP contribution in [0.4, 0.5) is 0 Å². The number of rotatable bonds is 0. The molecule has 0 saturated heterocycles. The van der Waals surface area contributed by atoms with Gasteiger partial charge in [0.1, 0.15) is 4.34 Å². The second kappa shape index (κ2) is 2.79. The normalized spacial score (nSPS) is 10.2. The molecule has 0 aromatic carbocycles. The first kappa shape index (κ1) is 7.86. The van der Waals surface area contributed by atoms with E-state index in [1.807, 2.05) is 6.92 Å². The van der Waals surface area contributed by atoms with Crippen molar-refractivity contribution in [2.45, 2.75) is 6.92 Å². The van der Waals surface area contributed by atoms with Gasteiger partial charge in [0.05, 0.1) is 8.81 Å². The van der Waals surface area contributed by atoms with Crippen molar-refractivity contribution in [1.29, 1.82) is 0 Å². The maximum atomic E-state index is 5.74. The molecule has 0 saturated carbocycles. The molecule has 1 aromatic rings. The summed E-state index contributed by atoms with van der Waals surface area (Å²) in [4.78, 5) is 0. The number of halogens is 3. The van der Waals surface area contributed by atoms with E-state index in [0.29, 0.717) is 0 Å². The first-order valence-electron chi connectivity index (χ1n) is 2.23. The standard InChI is InChI=1S/C5H3BrCl2S/c1-2-3(6)5(8)9-4(2)7/h1H3. The van der Waals surface area contributed by atoms with Crippen molar-refractivity contribution in [3.63, 3.8) is 0 Å². The molecule has 9 heavy (non-hydrogen) atoms. The van der Waals surface area contributed by atoms with Gasteiger partial charge in [-0.05, 0) is 28.4 Å². The van der Waals surface area contributed by atoms with Gasteiger partial charge in [-0.2, -0.15) is 0 Å². The van der Waals surface area contributed by atoms with Crippen LogP contribution in [0.1, 0.15) is 5.56 Å². The summed E-state index contributed by atoms with van der Waals surface area (Å²) in [6.07, 6.45) is 0. The summed E-state index contributed by atoms with van der Waals surface area (Å²) in [5.41, 5.74) is 1.02. The van der Waals surface area contributed by atoms with Crippen molar-refractivity contribution in [3.05, 3.63) is 18.7 Å². The maximum Gasteiger partial charge on any atom is 0.109 e. The Labute approximate surface area is 75.9 Å². The molecule has 1 aromatic heterocycles. The molecule has 0 nitrogen and oxygen atoms in total. The Morgan fingerprint density at radius 3 is 2.00 bits per heavy atom. The molecule has 0 amide bonds. The van der Waals surface area contributed by atoms with Gasteiger partial charge in [-0.15, -0.1) is 11.3 Å². The van der Waals surface area contributed by atoms with E-state index in [2.05, 4.69) is 15.9 Å². The highest BCUT2D eigenvalue weighted by Gasteiger charge is 2.07. The van der Waals surface area contributed by atoms with Crippen molar-refractivity contribution in [3.8, 4) is 0 Å². The highest BCUT2D eigenvalue weighted by atomic mass is 79.9. The van der Waals surface area contributed by atoms with Crippen LogP contribution in [0.5, 0.6) is 0 Å². The van der Waals surface area contributed by atoms with Gasteiger partial charge in [-0.1, -0.05) is 23.2 Å². The number of hydrogen-bond donors (Lipinski definition) is 0. The predicted molar refractivity (Wildman–Crippen MR) is 46.8 cm³/mol. The van der Waals surface area contributed by atoms with Crippen molar-refractivity contribution >= 4 is 50.5 Å². The van der Waals surface area contributed by atoms with E-state index < -0.39 is 0 Å². The van der Waals surface area contributed by atoms with Crippen molar-refractivity contribution in [1.82, 2.24) is 0 Å². The number of thiophene rings is 1. The largest absolute Gasteiger partial charge is 0.110 e. The summed E-state index contributed by atoms with van der Waals surface area (Å²) in [6.45, 7) is 1.93. The molecule has 0 spiro atoms. The average Bonchev–Trinajstić information content (AvgIpc) is 1.98. The second-order valence-corrected chi connectivity index (χ2v) is 4.61. The molecule has 1 heterocycles. The molecule has 0 N–H and O–H groups in total. The highest BCUT2D eigenvalue weighted by molar-refractivity contribution is 9.10. The lowest BCUT2D eigenvalue weighted by molar-refractivity contribution is 1.52. The van der Waals surface area contributed by atoms with E-state index >= 15 is 0 Å². The Morgan fingerprint density at radius 1 is 1.33 bits per heavy atom. The third-order valence-electron chi connectivity index (χ3n) is 0.976. The Morgan fingerprint density at radius 2 is 1.89 bits per heavy atom. The molecule has 0 unspecified atom stereocenters. The summed E-state index contributed by atoms with van der Waals surface area (Å²) in [5.74, 6) is 0. The summed E-state index contributed by atoms with van der Waals surface area (Å²) in [5, 5.41) is 0. The lowest BCUT2D eigenvalue weighted by Gasteiger charge is -1.84. The van der Waals surface area contributed by atoms with Crippen molar-refractivity contribution < 1.29 is 0 Å². The van der Waals surface area contributed by atoms with Crippen LogP contribution in [0.2, 0.25) is 8.67 Å². The highest BCUT2D eigenvalue weighted by Crippen LogP contribution is 2.39. The molecule has 0 aliphatic rings. The molecule has 1 rings (SSSR count). The SMILES string of the molecule is Cc1c(Cl)sc(Cl)c1Br. The zero-order valence-corrected chi connectivity index (χ0v) is 8.46. The van der Waals surface area contributed by atoms with Crippen LogP contribution in [0, 0.1) is 6.92 Å². The van der Waals surface area contributed by atoms with Crippen LogP contribution in [0.15, 0.2) is 4.47 Å². The van der Waals surface area contributed by atoms with E-state index in [-0.39, 0.29) is 0 Å². The molecule has 0 aliphatic heterocycles. The molecular formula is C5H3BrCl2S. The van der Waals surface area contributed by atoms with Crippen LogP contribution in [-0.4, -0.2) is 0 Å². The summed E-state index contributed by atoms with van der Waals surface area (Å²) in [7, 11) is 0. The third kappa shape index (κ3) is 1.43. The zero-order chi connectivity index (χ0) is 7.02. The molecular weight excluding hydrogens is 243 g/mol. The Kier molecular flexibility index (Phi) is 2.43. The molecule has 0 fully saturated rings. The van der Waals surface area contributed by atoms with Crippen LogP contribution >= 0.6 is 50.5 Å². The number of hydrogen-bond acceptors (Lipinski definition) is 1. The van der Waals surface area contributed by atoms with Crippen LogP contribution in [0.3, 0.4) is 0 Å². The monoisotopic (exact) mass is 244 g/mol. The fraction of sp³-hybridized carbons (Fsp3) is 0.200. The topological polar surface area (TPSA) is 0 Å². The third-order valence-corrected chi connectivity index (χ3v) is 4.26. The molecule has 50 valence electrons. The maximum absolute atomic E-state index is 5.74. The van der Waals surface area contributed by atoms with E-state index in [9.17, 15) is 0 Å². The summed E-state index contributed by atoms with van der Waals surface area (Å²) in [6, 6.07) is 0. The van der Waals surface area contributed by atoms with E-state index in [4.69, 9.17) is 23.2 Å². The molecule has 0 bridgehead atoms. The van der Waals surface area contributed by atoms with E-state index in [1.165, 1.54) is 11.3 Å². The lowest BCUT2D eigenvalue weighted by Crippen LogP contribution is -1.62. The fourth-order valence-electron chi connectivity index (χ4n) is 0.434. The van der Waals surface area contributed by atoms with E-state index in [0.717, 1.165) is 18.7 Å². The minimum Gasteiger partial charge on any atom is -0.110 e. The van der Waals surface area contributed by atoms with Gasteiger partial charge in [0.15, 0.2) is 0 Å². The Balaban J connectivity index is 3.29. The molecule has 0 atom stereocenters. The van der Waals surface area contributed by atoms with Crippen LogP contribution in [0.25, 0.3) is 0 Å². The van der Waals surface area contributed by atoms with Gasteiger partial charge in [0.2, 0.25) is 0 Å². The van der Waals surface area contributed by atoms with Gasteiger partial charge in [0.25, 0.3) is 0 Å². The van der Waals surface area contributed by atoms with Gasteiger partial charge < -0.3 is 0 Å². The van der Waals surface area contributed by atoms with Gasteiger partial charge in [0, 0.05) is 0 Å². The van der Waals surface area contributed by atoms with E-state index in [1.54, 1.807) is 0 Å². The van der Waals surface area contributed by atoms with Crippen LogP contribution in [-0.2, 0) is 0 Å². The van der Waals surface area contributed by atoms with Gasteiger partial charge >= 0.3 is 0 Å². The molecule has 0 aliphatic carbocycles.